The maximum Gasteiger partial charge on any atom is 0.221 e. The average Bonchev–Trinajstić information content (AvgIpc) is 2.79. The van der Waals surface area contributed by atoms with E-state index in [9.17, 15) is 24.2 Å². The fraction of sp³-hybridized carbons (Fsp3) is 0.440. The van der Waals surface area contributed by atoms with E-state index in [1.807, 2.05) is 6.07 Å². The van der Waals surface area contributed by atoms with Crippen molar-refractivity contribution in [1.29, 1.82) is 0 Å². The Morgan fingerprint density at radius 3 is 2.56 bits per heavy atom. The maximum absolute atomic E-state index is 14.0. The zero-order chi connectivity index (χ0) is 24.8. The van der Waals surface area contributed by atoms with Gasteiger partial charge in [-0.05, 0) is 47.4 Å². The van der Waals surface area contributed by atoms with Crippen LogP contribution in [0.1, 0.15) is 26.3 Å². The first kappa shape index (κ1) is 25.6. The van der Waals surface area contributed by atoms with Gasteiger partial charge in [0.15, 0.2) is 0 Å². The van der Waals surface area contributed by atoms with Crippen molar-refractivity contribution in [2.45, 2.75) is 51.7 Å². The normalized spacial score (nSPS) is 24.4. The molecule has 9 heteroatoms. The molecule has 0 aromatic heterocycles. The van der Waals surface area contributed by atoms with Crippen LogP contribution in [0.4, 0.5) is 4.39 Å². The first-order chi connectivity index (χ1) is 16.2. The second kappa shape index (κ2) is 11.4. The quantitative estimate of drug-likeness (QED) is 0.463. The molecule has 2 amide bonds. The number of benzene rings is 2. The molecule has 0 unspecified atom stereocenters. The molecule has 0 spiro atoms. The van der Waals surface area contributed by atoms with Crippen LogP contribution in [0.5, 0.6) is 5.75 Å². The highest BCUT2D eigenvalue weighted by Gasteiger charge is 2.44. The summed E-state index contributed by atoms with van der Waals surface area (Å²) in [7, 11) is 0. The summed E-state index contributed by atoms with van der Waals surface area (Å²) in [6.45, 7) is 4.56. The van der Waals surface area contributed by atoms with Crippen LogP contribution in [0.25, 0.3) is 11.1 Å². The molecule has 2 aromatic carbocycles. The predicted molar refractivity (Wildman–Crippen MR) is 123 cm³/mol. The van der Waals surface area contributed by atoms with Gasteiger partial charge in [0.2, 0.25) is 18.1 Å². The Morgan fingerprint density at radius 2 is 1.91 bits per heavy atom. The number of aliphatic hydroxyl groups is 2. The molecule has 184 valence electrons. The number of carbonyl (C=O) groups is 2. The Kier molecular flexibility index (Phi) is 8.60. The third kappa shape index (κ3) is 6.31. The Hall–Kier alpha value is -3.01. The zero-order valence-electron chi connectivity index (χ0n) is 19.5. The van der Waals surface area contributed by atoms with E-state index in [1.54, 1.807) is 31.2 Å². The van der Waals surface area contributed by atoms with Crippen molar-refractivity contribution in [3.05, 3.63) is 53.8 Å². The van der Waals surface area contributed by atoms with E-state index >= 15 is 0 Å². The minimum Gasteiger partial charge on any atom is -0.463 e. The van der Waals surface area contributed by atoms with Crippen LogP contribution in [-0.4, -0.2) is 59.7 Å². The summed E-state index contributed by atoms with van der Waals surface area (Å²) >= 11 is 0. The fourth-order valence-corrected chi connectivity index (χ4v) is 4.10. The van der Waals surface area contributed by atoms with Crippen LogP contribution in [0.2, 0.25) is 0 Å². The maximum atomic E-state index is 14.0. The number of amides is 2. The van der Waals surface area contributed by atoms with E-state index < -0.39 is 37.1 Å². The molecule has 1 aliphatic heterocycles. The summed E-state index contributed by atoms with van der Waals surface area (Å²) in [6.07, 6.45) is -2.30. The Morgan fingerprint density at radius 1 is 1.15 bits per heavy atom. The smallest absolute Gasteiger partial charge is 0.221 e. The molecule has 4 N–H and O–H groups in total. The van der Waals surface area contributed by atoms with Gasteiger partial charge in [0.05, 0.1) is 18.8 Å². The molecule has 0 radical (unpaired) electrons. The summed E-state index contributed by atoms with van der Waals surface area (Å²) in [5, 5.41) is 25.6. The van der Waals surface area contributed by atoms with Crippen LogP contribution in [-0.2, 0) is 20.7 Å². The van der Waals surface area contributed by atoms with E-state index in [2.05, 4.69) is 10.6 Å². The molecule has 8 nitrogen and oxygen atoms in total. The molecule has 3 rings (SSSR count). The van der Waals surface area contributed by atoms with Crippen LogP contribution >= 0.6 is 0 Å². The molecule has 34 heavy (non-hydrogen) atoms. The molecule has 1 aliphatic rings. The highest BCUT2D eigenvalue weighted by atomic mass is 19.1. The lowest BCUT2D eigenvalue weighted by Crippen LogP contribution is -2.61. The molecule has 1 saturated heterocycles. The number of hydrogen-bond donors (Lipinski definition) is 4. The number of nitrogens with one attached hydrogen (secondary N) is 2. The highest BCUT2D eigenvalue weighted by Crippen LogP contribution is 2.32. The monoisotopic (exact) mass is 474 g/mol. The summed E-state index contributed by atoms with van der Waals surface area (Å²) in [4.78, 5) is 23.0. The predicted octanol–water partition coefficient (Wildman–Crippen LogP) is 1.77. The van der Waals surface area contributed by atoms with Crippen molar-refractivity contribution in [2.75, 3.05) is 13.2 Å². The van der Waals surface area contributed by atoms with Gasteiger partial charge in [-0.15, -0.1) is 0 Å². The second-order valence-electron chi connectivity index (χ2n) is 8.48. The van der Waals surface area contributed by atoms with Gasteiger partial charge >= 0.3 is 0 Å². The first-order valence-corrected chi connectivity index (χ1v) is 11.2. The lowest BCUT2D eigenvalue weighted by atomic mass is 9.88. The van der Waals surface area contributed by atoms with Gasteiger partial charge in [0.25, 0.3) is 0 Å². The Balaban J connectivity index is 1.92. The van der Waals surface area contributed by atoms with Gasteiger partial charge in [-0.3, -0.25) is 9.59 Å². The first-order valence-electron chi connectivity index (χ1n) is 11.2. The van der Waals surface area contributed by atoms with E-state index in [4.69, 9.17) is 9.47 Å². The van der Waals surface area contributed by atoms with E-state index in [0.717, 1.165) is 11.1 Å². The Bertz CT molecular complexity index is 1020. The number of rotatable bonds is 8. The van der Waals surface area contributed by atoms with Crippen LogP contribution in [0.15, 0.2) is 42.5 Å². The topological polar surface area (TPSA) is 117 Å². The van der Waals surface area contributed by atoms with Gasteiger partial charge in [0, 0.05) is 26.3 Å². The molecule has 0 bridgehead atoms. The number of halogens is 1. The largest absolute Gasteiger partial charge is 0.463 e. The second-order valence-corrected chi connectivity index (χ2v) is 8.48. The summed E-state index contributed by atoms with van der Waals surface area (Å²) in [5.74, 6) is -0.868. The minimum atomic E-state index is -0.985. The van der Waals surface area contributed by atoms with E-state index in [0.29, 0.717) is 24.3 Å². The lowest BCUT2D eigenvalue weighted by molar-refractivity contribution is -0.227. The molecule has 0 aliphatic carbocycles. The van der Waals surface area contributed by atoms with Gasteiger partial charge in [-0.1, -0.05) is 25.1 Å². The fourth-order valence-electron chi connectivity index (χ4n) is 4.10. The van der Waals surface area contributed by atoms with Gasteiger partial charge in [-0.2, -0.15) is 0 Å². The third-order valence-corrected chi connectivity index (χ3v) is 5.88. The van der Waals surface area contributed by atoms with E-state index in [-0.39, 0.29) is 17.6 Å². The van der Waals surface area contributed by atoms with Crippen molar-refractivity contribution < 1.29 is 33.7 Å². The highest BCUT2D eigenvalue weighted by molar-refractivity contribution is 5.74. The van der Waals surface area contributed by atoms with E-state index in [1.165, 1.54) is 26.0 Å². The number of hydrogen-bond acceptors (Lipinski definition) is 6. The van der Waals surface area contributed by atoms with Crippen molar-refractivity contribution in [3.63, 3.8) is 0 Å². The standard InChI is InChI=1S/C25H31FN2O6/c1-14-23(28-16(3)31)25(34-22(13-29)24(14)32)33-20-8-7-17(9-10-27-15(2)30)21(12-20)18-5-4-6-19(26)11-18/h4-8,11-12,14,22-25,29,32H,9-10,13H2,1-3H3,(H,27,30)(H,28,31)/t14-,22-,23-,24-,25-/m1/s1. The van der Waals surface area contributed by atoms with Crippen molar-refractivity contribution in [1.82, 2.24) is 10.6 Å². The average molecular weight is 475 g/mol. The molecule has 5 atom stereocenters. The number of aliphatic hydroxyl groups excluding tert-OH is 2. The van der Waals surface area contributed by atoms with Crippen LogP contribution in [0.3, 0.4) is 0 Å². The van der Waals surface area contributed by atoms with Gasteiger partial charge in [0.1, 0.15) is 17.7 Å². The SMILES string of the molecule is CC(=O)NCCc1ccc(O[C@@H]2O[C@H](CO)[C@H](O)[C@H](C)[C@H]2NC(C)=O)cc1-c1cccc(F)c1. The van der Waals surface area contributed by atoms with Gasteiger partial charge in [-0.25, -0.2) is 4.39 Å². The van der Waals surface area contributed by atoms with Crippen molar-refractivity contribution >= 4 is 11.8 Å². The number of carbonyl (C=O) groups excluding carboxylic acids is 2. The molecular weight excluding hydrogens is 443 g/mol. The molecule has 2 aromatic rings. The third-order valence-electron chi connectivity index (χ3n) is 5.88. The molecular formula is C25H31FN2O6. The summed E-state index contributed by atoms with van der Waals surface area (Å²) in [6, 6.07) is 10.8. The molecule has 1 fully saturated rings. The van der Waals surface area contributed by atoms with Crippen molar-refractivity contribution in [2.24, 2.45) is 5.92 Å². The summed E-state index contributed by atoms with van der Waals surface area (Å²) in [5.41, 5.74) is 2.25. The summed E-state index contributed by atoms with van der Waals surface area (Å²) < 4.78 is 25.8. The minimum absolute atomic E-state index is 0.138. The number of ether oxygens (including phenoxy) is 2. The van der Waals surface area contributed by atoms with Crippen molar-refractivity contribution in [3.8, 4) is 16.9 Å². The van der Waals surface area contributed by atoms with Crippen LogP contribution < -0.4 is 15.4 Å². The lowest BCUT2D eigenvalue weighted by Gasteiger charge is -2.43. The zero-order valence-corrected chi connectivity index (χ0v) is 19.5. The molecule has 0 saturated carbocycles. The van der Waals surface area contributed by atoms with Crippen LogP contribution in [0, 0.1) is 11.7 Å². The Labute approximate surface area is 198 Å². The molecule has 1 heterocycles. The van der Waals surface area contributed by atoms with Gasteiger partial charge < -0.3 is 30.3 Å².